The lowest BCUT2D eigenvalue weighted by atomic mass is 9.96. The number of hydrogen-bond acceptors (Lipinski definition) is 5. The molecule has 2 aliphatic rings. The largest absolute Gasteiger partial charge is 0.488 e. The molecule has 30 heavy (non-hydrogen) atoms. The quantitative estimate of drug-likeness (QED) is 0.483. The molecule has 2 aromatic heterocycles. The number of nitrogens with one attached hydrogen (secondary N) is 2. The molecular weight excluding hydrogens is 405 g/mol. The Balaban J connectivity index is 1.64. The number of hydrogen-bond donors (Lipinski definition) is 2. The van der Waals surface area contributed by atoms with E-state index in [2.05, 4.69) is 25.2 Å². The lowest BCUT2D eigenvalue weighted by Crippen LogP contribution is -2.55. The zero-order valence-corrected chi connectivity index (χ0v) is 17.1. The maximum atomic E-state index is 16.0. The number of halogens is 2. The average molecular weight is 424 g/mol. The molecule has 0 aliphatic carbocycles. The van der Waals surface area contributed by atoms with Crippen LogP contribution in [0.1, 0.15) is 5.56 Å². The first-order valence-corrected chi connectivity index (χ1v) is 10.3. The standard InChI is InChI=1S/C22H19ClFN5O/c1-11-2-3-15-21(28-10-27-15)17(11)18-14(23)6-13-20(19(18)24)26-8-16-22(13)29-5-4-25-7-12(29)9-30-16/h2-3,6,8,10,12,25H,4-5,7,9H2,1H3,(H,27,28)/t12-/m1/s1. The molecule has 6 rings (SSSR count). The highest BCUT2D eigenvalue weighted by Crippen LogP contribution is 2.45. The van der Waals surface area contributed by atoms with Gasteiger partial charge in [0.1, 0.15) is 12.1 Å². The number of fused-ring (bicyclic) bond motifs is 6. The van der Waals surface area contributed by atoms with Gasteiger partial charge in [0, 0.05) is 36.1 Å². The molecule has 4 heterocycles. The predicted octanol–water partition coefficient (Wildman–Crippen LogP) is 4.05. The van der Waals surface area contributed by atoms with E-state index in [1.165, 1.54) is 0 Å². The van der Waals surface area contributed by atoms with Crippen LogP contribution in [0.15, 0.2) is 30.7 Å². The van der Waals surface area contributed by atoms with Crippen molar-refractivity contribution in [2.45, 2.75) is 13.0 Å². The van der Waals surface area contributed by atoms with E-state index in [-0.39, 0.29) is 6.04 Å². The monoisotopic (exact) mass is 423 g/mol. The molecule has 6 nitrogen and oxygen atoms in total. The van der Waals surface area contributed by atoms with Gasteiger partial charge in [0.2, 0.25) is 0 Å². The van der Waals surface area contributed by atoms with Crippen molar-refractivity contribution in [2.24, 2.45) is 0 Å². The molecule has 152 valence electrons. The van der Waals surface area contributed by atoms with Crippen molar-refractivity contribution < 1.29 is 9.13 Å². The molecule has 4 aromatic rings. The van der Waals surface area contributed by atoms with Gasteiger partial charge in [0.05, 0.1) is 40.3 Å². The van der Waals surface area contributed by atoms with E-state index in [0.717, 1.165) is 36.4 Å². The number of H-pyrrole nitrogens is 1. The smallest absolute Gasteiger partial charge is 0.161 e. The first-order chi connectivity index (χ1) is 14.6. The molecule has 0 unspecified atom stereocenters. The van der Waals surface area contributed by atoms with E-state index in [0.29, 0.717) is 44.9 Å². The van der Waals surface area contributed by atoms with Crippen molar-refractivity contribution in [3.8, 4) is 16.9 Å². The highest BCUT2D eigenvalue weighted by molar-refractivity contribution is 6.35. The van der Waals surface area contributed by atoms with Crippen LogP contribution in [-0.4, -0.2) is 47.2 Å². The Morgan fingerprint density at radius 1 is 1.23 bits per heavy atom. The van der Waals surface area contributed by atoms with Gasteiger partial charge < -0.3 is 19.9 Å². The SMILES string of the molecule is Cc1ccc2[nH]cnc2c1-c1c(Cl)cc2c3c(cnc2c1F)OC[C@H]1CNCCN31. The first-order valence-electron chi connectivity index (χ1n) is 9.97. The van der Waals surface area contributed by atoms with Gasteiger partial charge in [-0.15, -0.1) is 0 Å². The number of nitrogens with zero attached hydrogens (tertiary/aromatic N) is 3. The fraction of sp³-hybridized carbons (Fsp3) is 0.273. The number of rotatable bonds is 1. The van der Waals surface area contributed by atoms with E-state index in [1.807, 2.05) is 25.1 Å². The van der Waals surface area contributed by atoms with Crippen LogP contribution in [0, 0.1) is 12.7 Å². The fourth-order valence-electron chi connectivity index (χ4n) is 4.68. The summed E-state index contributed by atoms with van der Waals surface area (Å²) in [5, 5.41) is 4.41. The number of aromatic nitrogens is 3. The van der Waals surface area contributed by atoms with Crippen LogP contribution in [0.4, 0.5) is 10.1 Å². The Kier molecular flexibility index (Phi) is 3.91. The van der Waals surface area contributed by atoms with Gasteiger partial charge in [-0.3, -0.25) is 0 Å². The molecule has 0 radical (unpaired) electrons. The number of aryl methyl sites for hydroxylation is 1. The van der Waals surface area contributed by atoms with E-state index in [4.69, 9.17) is 16.3 Å². The number of pyridine rings is 1. The minimum Gasteiger partial charge on any atom is -0.488 e. The van der Waals surface area contributed by atoms with Gasteiger partial charge in [0.15, 0.2) is 11.6 Å². The second kappa shape index (κ2) is 6.55. The van der Waals surface area contributed by atoms with Crippen LogP contribution in [0.5, 0.6) is 5.75 Å². The molecular formula is C22H19ClFN5O. The van der Waals surface area contributed by atoms with E-state index in [1.54, 1.807) is 12.5 Å². The summed E-state index contributed by atoms with van der Waals surface area (Å²) in [6.07, 6.45) is 3.23. The van der Waals surface area contributed by atoms with Crippen molar-refractivity contribution in [1.82, 2.24) is 20.3 Å². The third kappa shape index (κ3) is 2.45. The average Bonchev–Trinajstić information content (AvgIpc) is 3.23. The van der Waals surface area contributed by atoms with Crippen LogP contribution >= 0.6 is 11.6 Å². The van der Waals surface area contributed by atoms with Gasteiger partial charge in [-0.25, -0.2) is 14.4 Å². The van der Waals surface area contributed by atoms with E-state index in [9.17, 15) is 0 Å². The lowest BCUT2D eigenvalue weighted by Gasteiger charge is -2.42. The van der Waals surface area contributed by atoms with Gasteiger partial charge in [0.25, 0.3) is 0 Å². The number of aromatic amines is 1. The molecule has 0 saturated carbocycles. The summed E-state index contributed by atoms with van der Waals surface area (Å²) in [5.74, 6) is 0.241. The molecule has 1 fully saturated rings. The maximum absolute atomic E-state index is 16.0. The van der Waals surface area contributed by atoms with Gasteiger partial charge in [-0.1, -0.05) is 17.7 Å². The number of imidazole rings is 1. The minimum absolute atomic E-state index is 0.207. The van der Waals surface area contributed by atoms with Crippen LogP contribution in [0.25, 0.3) is 33.1 Å². The Hall–Kier alpha value is -2.90. The molecule has 8 heteroatoms. The van der Waals surface area contributed by atoms with E-state index >= 15 is 4.39 Å². The van der Waals surface area contributed by atoms with Gasteiger partial charge >= 0.3 is 0 Å². The highest BCUT2D eigenvalue weighted by Gasteiger charge is 2.33. The number of ether oxygens (including phenoxy) is 1. The van der Waals surface area contributed by atoms with Crippen molar-refractivity contribution in [3.63, 3.8) is 0 Å². The summed E-state index contributed by atoms with van der Waals surface area (Å²) in [7, 11) is 0. The van der Waals surface area contributed by atoms with Crippen molar-refractivity contribution in [2.75, 3.05) is 31.1 Å². The van der Waals surface area contributed by atoms with Crippen LogP contribution < -0.4 is 15.0 Å². The summed E-state index contributed by atoms with van der Waals surface area (Å²) < 4.78 is 21.9. The minimum atomic E-state index is -0.434. The van der Waals surface area contributed by atoms with Crippen molar-refractivity contribution >= 4 is 39.2 Å². The predicted molar refractivity (Wildman–Crippen MR) is 116 cm³/mol. The molecule has 0 spiro atoms. The molecule has 2 aliphatic heterocycles. The molecule has 1 saturated heterocycles. The summed E-state index contributed by atoms with van der Waals surface area (Å²) in [5.41, 5.74) is 4.62. The zero-order chi connectivity index (χ0) is 20.4. The van der Waals surface area contributed by atoms with Crippen molar-refractivity contribution in [1.29, 1.82) is 0 Å². The third-order valence-corrected chi connectivity index (χ3v) is 6.41. The topological polar surface area (TPSA) is 66.1 Å². The van der Waals surface area contributed by atoms with Gasteiger partial charge in [-0.05, 0) is 24.6 Å². The Bertz CT molecular complexity index is 1320. The molecule has 0 amide bonds. The molecule has 2 aromatic carbocycles. The highest BCUT2D eigenvalue weighted by atomic mass is 35.5. The summed E-state index contributed by atoms with van der Waals surface area (Å²) >= 11 is 6.72. The lowest BCUT2D eigenvalue weighted by molar-refractivity contribution is 0.247. The van der Waals surface area contributed by atoms with Gasteiger partial charge in [-0.2, -0.15) is 0 Å². The first kappa shape index (κ1) is 17.9. The van der Waals surface area contributed by atoms with Crippen LogP contribution in [0.3, 0.4) is 0 Å². The zero-order valence-electron chi connectivity index (χ0n) is 16.3. The molecule has 1 atom stereocenters. The van der Waals surface area contributed by atoms with Crippen LogP contribution in [0.2, 0.25) is 5.02 Å². The Morgan fingerprint density at radius 3 is 3.03 bits per heavy atom. The number of anilines is 1. The number of benzene rings is 2. The summed E-state index contributed by atoms with van der Waals surface area (Å²) in [6, 6.07) is 5.90. The second-order valence-corrected chi connectivity index (χ2v) is 8.24. The summed E-state index contributed by atoms with van der Waals surface area (Å²) in [6.45, 7) is 5.05. The molecule has 0 bridgehead atoms. The normalized spacial score (nSPS) is 18.4. The molecule has 2 N–H and O–H groups in total. The Labute approximate surface area is 177 Å². The van der Waals surface area contributed by atoms with E-state index < -0.39 is 5.82 Å². The van der Waals surface area contributed by atoms with Crippen molar-refractivity contribution in [3.05, 3.63) is 47.1 Å². The third-order valence-electron chi connectivity index (χ3n) is 6.11. The van der Waals surface area contributed by atoms with Crippen LogP contribution in [-0.2, 0) is 0 Å². The summed E-state index contributed by atoms with van der Waals surface area (Å²) in [4.78, 5) is 14.2. The second-order valence-electron chi connectivity index (χ2n) is 7.83. The Morgan fingerprint density at radius 2 is 2.13 bits per heavy atom. The maximum Gasteiger partial charge on any atom is 0.161 e. The fourth-order valence-corrected chi connectivity index (χ4v) is 4.96. The number of piperazine rings is 1.